The molecule has 5 heteroatoms. The van der Waals surface area contributed by atoms with E-state index in [1.165, 1.54) is 92.8 Å². The second-order valence-electron chi connectivity index (χ2n) is 8.92. The van der Waals surface area contributed by atoms with Crippen LogP contribution in [0.3, 0.4) is 0 Å². The number of hydrogen-bond donors (Lipinski definition) is 1. The lowest BCUT2D eigenvalue weighted by Crippen LogP contribution is -2.38. The zero-order valence-electron chi connectivity index (χ0n) is 17.3. The maximum absolute atomic E-state index is 11.2. The molecule has 3 aliphatic rings. The van der Waals surface area contributed by atoms with Crippen molar-refractivity contribution in [2.45, 2.75) is 63.5 Å². The van der Waals surface area contributed by atoms with Crippen LogP contribution in [-0.4, -0.2) is 71.7 Å². The highest BCUT2D eigenvalue weighted by Gasteiger charge is 2.38. The van der Waals surface area contributed by atoms with Crippen molar-refractivity contribution in [1.29, 1.82) is 0 Å². The fourth-order valence-corrected chi connectivity index (χ4v) is 5.69. The van der Waals surface area contributed by atoms with Crippen LogP contribution in [0.25, 0.3) is 0 Å². The Morgan fingerprint density at radius 2 is 1.96 bits per heavy atom. The highest BCUT2D eigenvalue weighted by atomic mass is 16.4. The Morgan fingerprint density at radius 1 is 1.14 bits per heavy atom. The van der Waals surface area contributed by atoms with Gasteiger partial charge in [0.2, 0.25) is 0 Å². The summed E-state index contributed by atoms with van der Waals surface area (Å²) < 4.78 is 0. The van der Waals surface area contributed by atoms with Gasteiger partial charge in [0.05, 0.1) is 0 Å². The Labute approximate surface area is 169 Å². The summed E-state index contributed by atoms with van der Waals surface area (Å²) in [7, 11) is 1.66. The number of likely N-dealkylation sites (tertiary alicyclic amines) is 2. The van der Waals surface area contributed by atoms with Crippen molar-refractivity contribution in [3.63, 3.8) is 0 Å². The summed E-state index contributed by atoms with van der Waals surface area (Å²) in [5, 5.41) is 9.22. The monoisotopic (exact) mass is 385 g/mol. The van der Waals surface area contributed by atoms with Gasteiger partial charge in [-0.05, 0) is 87.9 Å². The predicted molar refractivity (Wildman–Crippen MR) is 112 cm³/mol. The molecule has 0 spiro atoms. The SMILES string of the molecule is CN(Cc1cccc2c1CC[C@H]1[C@@H]2CCN1CCCN1CCCCC1)C(=O)O. The normalized spacial score (nSPS) is 25.3. The molecule has 1 amide bonds. The number of piperidine rings is 1. The maximum Gasteiger partial charge on any atom is 0.407 e. The molecule has 0 radical (unpaired) electrons. The Kier molecular flexibility index (Phi) is 6.22. The fraction of sp³-hybridized carbons (Fsp3) is 0.696. The summed E-state index contributed by atoms with van der Waals surface area (Å²) >= 11 is 0. The molecule has 1 aromatic carbocycles. The lowest BCUT2D eigenvalue weighted by atomic mass is 9.77. The molecule has 28 heavy (non-hydrogen) atoms. The number of amides is 1. The molecule has 5 nitrogen and oxygen atoms in total. The van der Waals surface area contributed by atoms with Crippen LogP contribution in [0.2, 0.25) is 0 Å². The van der Waals surface area contributed by atoms with Gasteiger partial charge in [-0.15, -0.1) is 0 Å². The van der Waals surface area contributed by atoms with E-state index in [9.17, 15) is 9.90 Å². The summed E-state index contributed by atoms with van der Waals surface area (Å²) in [5.74, 6) is 0.633. The molecule has 2 heterocycles. The molecule has 154 valence electrons. The zero-order valence-corrected chi connectivity index (χ0v) is 17.3. The number of carbonyl (C=O) groups is 1. The van der Waals surface area contributed by atoms with Crippen LogP contribution in [0.1, 0.15) is 61.1 Å². The van der Waals surface area contributed by atoms with Gasteiger partial charge in [-0.25, -0.2) is 4.79 Å². The first-order valence-electron chi connectivity index (χ1n) is 11.1. The summed E-state index contributed by atoms with van der Waals surface area (Å²) in [6, 6.07) is 7.23. The van der Waals surface area contributed by atoms with Crippen molar-refractivity contribution in [1.82, 2.24) is 14.7 Å². The lowest BCUT2D eigenvalue weighted by molar-refractivity contribution is 0.153. The van der Waals surface area contributed by atoms with Crippen LogP contribution in [-0.2, 0) is 13.0 Å². The third-order valence-corrected chi connectivity index (χ3v) is 7.16. The first-order valence-corrected chi connectivity index (χ1v) is 11.1. The molecule has 4 rings (SSSR count). The summed E-state index contributed by atoms with van der Waals surface area (Å²) in [5.41, 5.74) is 4.11. The summed E-state index contributed by atoms with van der Waals surface area (Å²) in [6.07, 6.45) is 8.16. The van der Waals surface area contributed by atoms with Gasteiger partial charge in [0, 0.05) is 25.6 Å². The molecule has 0 saturated carbocycles. The molecule has 0 aromatic heterocycles. The molecule has 0 unspecified atom stereocenters. The van der Waals surface area contributed by atoms with Crippen LogP contribution in [0, 0.1) is 0 Å². The number of nitrogens with zero attached hydrogens (tertiary/aromatic N) is 3. The standard InChI is InChI=1S/C23H35N3O2/c1-24(23(27)28)17-18-7-5-8-20-19(18)9-10-22-21(20)11-16-26(22)15-6-14-25-12-3-2-4-13-25/h5,7-8,21-22H,2-4,6,9-17H2,1H3,(H,27,28)/t21-,22+/m1/s1. The molecule has 2 fully saturated rings. The zero-order chi connectivity index (χ0) is 19.5. The van der Waals surface area contributed by atoms with Gasteiger partial charge in [-0.1, -0.05) is 24.6 Å². The van der Waals surface area contributed by atoms with Crippen LogP contribution in [0.15, 0.2) is 18.2 Å². The highest BCUT2D eigenvalue weighted by Crippen LogP contribution is 2.42. The van der Waals surface area contributed by atoms with E-state index in [1.54, 1.807) is 7.05 Å². The molecule has 2 saturated heterocycles. The number of carboxylic acid groups (broad SMARTS) is 1. The maximum atomic E-state index is 11.2. The fourth-order valence-electron chi connectivity index (χ4n) is 5.69. The van der Waals surface area contributed by atoms with E-state index in [-0.39, 0.29) is 0 Å². The second kappa shape index (κ2) is 8.83. The van der Waals surface area contributed by atoms with Crippen molar-refractivity contribution in [2.75, 3.05) is 39.8 Å². The quantitative estimate of drug-likeness (QED) is 0.810. The van der Waals surface area contributed by atoms with Gasteiger partial charge in [0.1, 0.15) is 0 Å². The van der Waals surface area contributed by atoms with E-state index < -0.39 is 6.09 Å². The Balaban J connectivity index is 1.37. The van der Waals surface area contributed by atoms with Gasteiger partial charge >= 0.3 is 6.09 Å². The molecular weight excluding hydrogens is 350 g/mol. The third kappa shape index (κ3) is 4.20. The van der Waals surface area contributed by atoms with Crippen molar-refractivity contribution in [3.8, 4) is 0 Å². The van der Waals surface area contributed by atoms with Gasteiger partial charge in [-0.3, -0.25) is 4.90 Å². The van der Waals surface area contributed by atoms with Crippen molar-refractivity contribution in [2.24, 2.45) is 0 Å². The smallest absolute Gasteiger partial charge is 0.407 e. The first kappa shape index (κ1) is 19.7. The molecule has 0 bridgehead atoms. The second-order valence-corrected chi connectivity index (χ2v) is 8.92. The van der Waals surface area contributed by atoms with E-state index in [4.69, 9.17) is 0 Å². The van der Waals surface area contributed by atoms with E-state index in [0.29, 0.717) is 18.5 Å². The van der Waals surface area contributed by atoms with Crippen LogP contribution in [0.4, 0.5) is 4.79 Å². The van der Waals surface area contributed by atoms with Gasteiger partial charge in [-0.2, -0.15) is 0 Å². The minimum Gasteiger partial charge on any atom is -0.465 e. The topological polar surface area (TPSA) is 47.0 Å². The number of fused-ring (bicyclic) bond motifs is 3. The molecule has 2 atom stereocenters. The molecule has 2 aliphatic heterocycles. The minimum atomic E-state index is -0.855. The van der Waals surface area contributed by atoms with Gasteiger partial charge in [0.15, 0.2) is 0 Å². The number of benzene rings is 1. The average Bonchev–Trinajstić information content (AvgIpc) is 3.12. The van der Waals surface area contributed by atoms with Crippen LogP contribution in [0.5, 0.6) is 0 Å². The lowest BCUT2D eigenvalue weighted by Gasteiger charge is -2.35. The Hall–Kier alpha value is -1.59. The Bertz CT molecular complexity index is 686. The summed E-state index contributed by atoms with van der Waals surface area (Å²) in [6.45, 7) is 6.80. The van der Waals surface area contributed by atoms with E-state index in [1.807, 2.05) is 0 Å². The van der Waals surface area contributed by atoms with Crippen molar-refractivity contribution in [3.05, 3.63) is 34.9 Å². The van der Waals surface area contributed by atoms with Crippen molar-refractivity contribution < 1.29 is 9.90 Å². The third-order valence-electron chi connectivity index (χ3n) is 7.16. The molecule has 1 aliphatic carbocycles. The number of rotatable bonds is 6. The molecule has 1 N–H and O–H groups in total. The van der Waals surface area contributed by atoms with Gasteiger partial charge < -0.3 is 14.9 Å². The largest absolute Gasteiger partial charge is 0.465 e. The van der Waals surface area contributed by atoms with Crippen LogP contribution < -0.4 is 0 Å². The van der Waals surface area contributed by atoms with E-state index >= 15 is 0 Å². The predicted octanol–water partition coefficient (Wildman–Crippen LogP) is 3.78. The van der Waals surface area contributed by atoms with Crippen molar-refractivity contribution >= 4 is 6.09 Å². The Morgan fingerprint density at radius 3 is 2.75 bits per heavy atom. The highest BCUT2D eigenvalue weighted by molar-refractivity contribution is 5.64. The number of hydrogen-bond acceptors (Lipinski definition) is 3. The summed E-state index contributed by atoms with van der Waals surface area (Å²) in [4.78, 5) is 18.0. The molecular formula is C23H35N3O2. The average molecular weight is 386 g/mol. The van der Waals surface area contributed by atoms with E-state index in [0.717, 1.165) is 6.42 Å². The van der Waals surface area contributed by atoms with Gasteiger partial charge in [0.25, 0.3) is 0 Å². The molecule has 1 aromatic rings. The van der Waals surface area contributed by atoms with E-state index in [2.05, 4.69) is 28.0 Å². The van der Waals surface area contributed by atoms with Crippen LogP contribution >= 0.6 is 0 Å². The first-order chi connectivity index (χ1) is 13.6. The minimum absolute atomic E-state index is 0.495.